The van der Waals surface area contributed by atoms with Crippen molar-refractivity contribution in [2.24, 2.45) is 0 Å². The number of hydrogen-bond donors (Lipinski definition) is 0. The number of aryl methyl sites for hydroxylation is 1. The number of imidazole rings is 1. The van der Waals surface area contributed by atoms with Crippen LogP contribution in [0.1, 0.15) is 16.5 Å². The second-order valence-electron chi connectivity index (χ2n) is 20.0. The Bertz CT molecular complexity index is 5310. The standard InChI is InChI=1S/C73H48N6O/c1-48-40-73(74-46-63(48)50-41-52(77-65-31-12-6-25-57(65)58-26-7-13-32-66(58)77)43-53(42-50)78-67-33-14-8-27-59(67)60-28-9-15-34-68(60)78)79-69-35-16-10-29-61(69)62-39-38-55(45-72(62)79)80-54-23-19-22-51(44-54)75-47-76(71-37-18-17-36-70(71)75)64-30-11-5-24-56(64)49-20-3-2-4-21-49/h2-46H,1H3/i1D3,2D,3D,4D,20D,21D. The molecule has 16 rings (SSSR count). The lowest BCUT2D eigenvalue weighted by Crippen LogP contribution is -2.30. The molecule has 0 saturated heterocycles. The zero-order valence-electron chi connectivity index (χ0n) is 50.7. The summed E-state index contributed by atoms with van der Waals surface area (Å²) in [5, 5.41) is 6.33. The number of hydrogen-bond acceptors (Lipinski definition) is 2. The van der Waals surface area contributed by atoms with Gasteiger partial charge in [-0.3, -0.25) is 13.7 Å². The van der Waals surface area contributed by atoms with E-state index >= 15 is 0 Å². The first-order valence-corrected chi connectivity index (χ1v) is 26.4. The third-order valence-corrected chi connectivity index (χ3v) is 15.4. The van der Waals surface area contributed by atoms with Crippen LogP contribution >= 0.6 is 0 Å². The van der Waals surface area contributed by atoms with Crippen LogP contribution in [0, 0.1) is 13.2 Å². The van der Waals surface area contributed by atoms with Gasteiger partial charge in [0, 0.05) is 65.6 Å². The highest BCUT2D eigenvalue weighted by Gasteiger charge is 2.21. The predicted molar refractivity (Wildman–Crippen MR) is 327 cm³/mol. The molecule has 5 heterocycles. The molecule has 0 fully saturated rings. The molecule has 11 aromatic carbocycles. The summed E-state index contributed by atoms with van der Waals surface area (Å²) in [6, 6.07) is 76.4. The molecule has 0 spiro atoms. The lowest BCUT2D eigenvalue weighted by molar-refractivity contribution is -0.571. The van der Waals surface area contributed by atoms with Crippen LogP contribution in [0.2, 0.25) is 0 Å². The monoisotopic (exact) mass is 1030 g/mol. The highest BCUT2D eigenvalue weighted by molar-refractivity contribution is 6.12. The van der Waals surface area contributed by atoms with Crippen molar-refractivity contribution in [3.8, 4) is 62.3 Å². The van der Waals surface area contributed by atoms with E-state index in [1.165, 1.54) is 0 Å². The van der Waals surface area contributed by atoms with Crippen LogP contribution in [0.25, 0.3) is 127 Å². The van der Waals surface area contributed by atoms with Gasteiger partial charge >= 0.3 is 0 Å². The van der Waals surface area contributed by atoms with Gasteiger partial charge in [0.1, 0.15) is 17.3 Å². The molecule has 0 unspecified atom stereocenters. The maximum absolute atomic E-state index is 9.27. The van der Waals surface area contributed by atoms with Crippen LogP contribution in [-0.4, -0.2) is 23.3 Å². The normalized spacial score (nSPS) is 13.4. The average molecular weight is 1030 g/mol. The van der Waals surface area contributed by atoms with Crippen LogP contribution in [0.5, 0.6) is 11.5 Å². The molecule has 0 N–H and O–H groups in total. The first-order chi connectivity index (χ1) is 42.9. The summed E-state index contributed by atoms with van der Waals surface area (Å²) in [4.78, 5) is 5.21. The summed E-state index contributed by atoms with van der Waals surface area (Å²) < 4.78 is 87.6. The van der Waals surface area contributed by atoms with Crippen LogP contribution in [0.4, 0.5) is 0 Å². The molecule has 0 saturated carbocycles. The molecule has 0 amide bonds. The number of para-hydroxylation sites is 8. The molecule has 80 heavy (non-hydrogen) atoms. The van der Waals surface area contributed by atoms with E-state index in [0.29, 0.717) is 39.7 Å². The van der Waals surface area contributed by atoms with E-state index in [9.17, 15) is 4.11 Å². The van der Waals surface area contributed by atoms with E-state index in [4.69, 9.17) is 16.6 Å². The lowest BCUT2D eigenvalue weighted by Gasteiger charge is -2.17. The summed E-state index contributed by atoms with van der Waals surface area (Å²) in [6.07, 6.45) is 5.22. The molecule has 5 aromatic heterocycles. The Morgan fingerprint density at radius 3 is 1.59 bits per heavy atom. The first-order valence-electron chi connectivity index (χ1n) is 30.4. The van der Waals surface area contributed by atoms with Crippen LogP contribution in [-0.2, 0) is 0 Å². The number of pyridine rings is 1. The van der Waals surface area contributed by atoms with Crippen LogP contribution in [0.3, 0.4) is 0 Å². The van der Waals surface area contributed by atoms with Crippen molar-refractivity contribution in [2.75, 3.05) is 0 Å². The number of fused-ring (bicyclic) bond motifs is 10. The largest absolute Gasteiger partial charge is 0.458 e. The highest BCUT2D eigenvalue weighted by atomic mass is 16.5. The number of ether oxygens (including phenoxy) is 1. The quantitative estimate of drug-likeness (QED) is 0.107. The van der Waals surface area contributed by atoms with E-state index in [2.05, 4.69) is 137 Å². The molecular weight excluding hydrogens is 977 g/mol. The Labute approximate surface area is 472 Å². The summed E-state index contributed by atoms with van der Waals surface area (Å²) in [5.41, 5.74) is 12.2. The molecule has 0 aliphatic carbocycles. The van der Waals surface area contributed by atoms with Gasteiger partial charge in [0.05, 0.1) is 62.4 Å². The Morgan fingerprint density at radius 1 is 0.425 bits per heavy atom. The lowest BCUT2D eigenvalue weighted by atomic mass is 10.0. The fourth-order valence-electron chi connectivity index (χ4n) is 12.0. The maximum Gasteiger partial charge on any atom is 0.269 e. The molecule has 0 aliphatic heterocycles. The van der Waals surface area contributed by atoms with Crippen molar-refractivity contribution in [3.63, 3.8) is 0 Å². The van der Waals surface area contributed by atoms with Crippen molar-refractivity contribution in [3.05, 3.63) is 285 Å². The topological polar surface area (TPSA) is 45.7 Å². The number of benzene rings is 11. The molecule has 16 aromatic rings. The third-order valence-electron chi connectivity index (χ3n) is 15.4. The van der Waals surface area contributed by atoms with Gasteiger partial charge in [-0.15, -0.1) is 0 Å². The molecule has 7 heteroatoms. The highest BCUT2D eigenvalue weighted by Crippen LogP contribution is 2.41. The molecule has 7 nitrogen and oxygen atoms in total. The van der Waals surface area contributed by atoms with Crippen LogP contribution < -0.4 is 9.30 Å². The molecule has 0 radical (unpaired) electrons. The summed E-state index contributed by atoms with van der Waals surface area (Å²) >= 11 is 0. The third kappa shape index (κ3) is 7.21. The minimum atomic E-state index is -2.57. The fourth-order valence-corrected chi connectivity index (χ4v) is 12.0. The van der Waals surface area contributed by atoms with E-state index < -0.39 is 25.0 Å². The van der Waals surface area contributed by atoms with Crippen molar-refractivity contribution < 1.29 is 20.3 Å². The van der Waals surface area contributed by atoms with Crippen molar-refractivity contribution in [2.45, 2.75) is 6.85 Å². The van der Waals surface area contributed by atoms with Crippen molar-refractivity contribution in [1.82, 2.24) is 23.3 Å². The first kappa shape index (κ1) is 37.9. The molecule has 0 bridgehead atoms. The van der Waals surface area contributed by atoms with Gasteiger partial charge in [-0.1, -0.05) is 170 Å². The van der Waals surface area contributed by atoms with Gasteiger partial charge in [-0.05, 0) is 120 Å². The summed E-state index contributed by atoms with van der Waals surface area (Å²) in [6.45, 7) is -2.57. The molecule has 0 atom stereocenters. The Hall–Kier alpha value is -10.8. The van der Waals surface area contributed by atoms with Crippen LogP contribution in [0.15, 0.2) is 273 Å². The van der Waals surface area contributed by atoms with Gasteiger partial charge in [0.25, 0.3) is 6.33 Å². The minimum absolute atomic E-state index is 0.0966. The predicted octanol–water partition coefficient (Wildman–Crippen LogP) is 17.8. The van der Waals surface area contributed by atoms with Crippen molar-refractivity contribution in [1.29, 1.82) is 0 Å². The van der Waals surface area contributed by atoms with Gasteiger partial charge in [-0.2, -0.15) is 0 Å². The minimum Gasteiger partial charge on any atom is -0.458 e. The number of rotatable bonds is 9. The molecular formula is C73H48N6O. The smallest absolute Gasteiger partial charge is 0.269 e. The second kappa shape index (κ2) is 18.2. The second-order valence-corrected chi connectivity index (χ2v) is 20.0. The van der Waals surface area contributed by atoms with E-state index in [0.717, 1.165) is 93.5 Å². The van der Waals surface area contributed by atoms with E-state index in [1.807, 2.05) is 111 Å². The van der Waals surface area contributed by atoms with E-state index in [1.54, 1.807) is 24.4 Å². The van der Waals surface area contributed by atoms with Gasteiger partial charge in [0.15, 0.2) is 0 Å². The Morgan fingerprint density at radius 2 is 0.963 bits per heavy atom. The van der Waals surface area contributed by atoms with Gasteiger partial charge in [-0.25, -0.2) is 4.98 Å². The number of nitrogens with zero attached hydrogens (tertiary/aromatic N) is 6. The van der Waals surface area contributed by atoms with Gasteiger partial charge < -0.3 is 13.9 Å². The zero-order chi connectivity index (χ0) is 59.7. The SMILES string of the molecule is [2H]c1c([2H])c([2H])c(-c2ccccc2-[n+]2[c-]n(-c3cccc(Oc4ccc5c6ccccc6n(-c6cc(C([2H])([2H])[2H])c(-c7cc(-n8c9ccccc9c9ccccc98)cc(-n8c9ccccc9c9ccccc98)c7)cn6)c5c4)c3)c3ccccc32)c([2H])c1[2H]. The Kier molecular flexibility index (Phi) is 8.62. The zero-order valence-corrected chi connectivity index (χ0v) is 42.7. The Balaban J connectivity index is 0.818. The number of aromatic nitrogens is 6. The molecule has 0 aliphatic rings. The average Bonchev–Trinajstić information content (AvgIpc) is 1.62. The fraction of sp³-hybridized carbons (Fsp3) is 0.0137. The van der Waals surface area contributed by atoms with E-state index in [-0.39, 0.29) is 23.2 Å². The summed E-state index contributed by atoms with van der Waals surface area (Å²) in [5.74, 6) is 1.50. The van der Waals surface area contributed by atoms with Gasteiger partial charge in [0.2, 0.25) is 0 Å². The molecule has 376 valence electrons. The summed E-state index contributed by atoms with van der Waals surface area (Å²) in [7, 11) is 0. The van der Waals surface area contributed by atoms with Crippen molar-refractivity contribution >= 4 is 76.5 Å². The maximum atomic E-state index is 9.27.